The monoisotopic (exact) mass is 333 g/mol. The van der Waals surface area contributed by atoms with Crippen LogP contribution in [0, 0.1) is 0 Å². The van der Waals surface area contributed by atoms with Gasteiger partial charge in [0.2, 0.25) is 5.91 Å². The van der Waals surface area contributed by atoms with E-state index < -0.39 is 17.3 Å². The first kappa shape index (κ1) is 16.3. The fraction of sp³-hybridized carbons (Fsp3) is 0.467. The van der Waals surface area contributed by atoms with E-state index >= 15 is 0 Å². The number of fused-ring (bicyclic) bond motifs is 1. The van der Waals surface area contributed by atoms with Crippen LogP contribution in [0.5, 0.6) is 0 Å². The van der Waals surface area contributed by atoms with Crippen molar-refractivity contribution in [2.24, 2.45) is 14.1 Å². The van der Waals surface area contributed by atoms with Gasteiger partial charge in [-0.2, -0.15) is 0 Å². The summed E-state index contributed by atoms with van der Waals surface area (Å²) in [5, 5.41) is 6.09. The van der Waals surface area contributed by atoms with E-state index in [0.29, 0.717) is 18.8 Å². The number of hydrogen-bond donors (Lipinski definition) is 2. The van der Waals surface area contributed by atoms with Gasteiger partial charge in [-0.3, -0.25) is 18.7 Å². The van der Waals surface area contributed by atoms with Crippen molar-refractivity contribution in [3.05, 3.63) is 33.1 Å². The van der Waals surface area contributed by atoms with E-state index in [1.807, 2.05) is 6.92 Å². The average molecular weight is 333 g/mol. The molecule has 1 fully saturated rings. The van der Waals surface area contributed by atoms with E-state index in [2.05, 4.69) is 15.6 Å². The van der Waals surface area contributed by atoms with Gasteiger partial charge in [0.25, 0.3) is 5.56 Å². The molecule has 0 unspecified atom stereocenters. The maximum absolute atomic E-state index is 12.4. The Kier molecular flexibility index (Phi) is 4.20. The number of anilines is 1. The maximum atomic E-state index is 12.4. The van der Waals surface area contributed by atoms with Crippen molar-refractivity contribution in [3.63, 3.8) is 0 Å². The number of pyridine rings is 1. The fourth-order valence-corrected chi connectivity index (χ4v) is 2.78. The topological polar surface area (TPSA) is 107 Å². The molecule has 0 saturated carbocycles. The summed E-state index contributed by atoms with van der Waals surface area (Å²) in [7, 11) is 2.95. The Balaban J connectivity index is 1.95. The average Bonchev–Trinajstić information content (AvgIpc) is 2.58. The van der Waals surface area contributed by atoms with Gasteiger partial charge < -0.3 is 15.4 Å². The summed E-state index contributed by atoms with van der Waals surface area (Å²) >= 11 is 0. The minimum Gasteiger partial charge on any atom is -0.375 e. The molecule has 2 atom stereocenters. The molecule has 1 aliphatic heterocycles. The van der Waals surface area contributed by atoms with E-state index in [9.17, 15) is 14.4 Å². The van der Waals surface area contributed by atoms with Crippen molar-refractivity contribution >= 4 is 22.6 Å². The lowest BCUT2D eigenvalue weighted by molar-refractivity contribution is -0.123. The highest BCUT2D eigenvalue weighted by Crippen LogP contribution is 2.13. The second-order valence-electron chi connectivity index (χ2n) is 5.80. The molecule has 1 amide bonds. The molecule has 3 heterocycles. The summed E-state index contributed by atoms with van der Waals surface area (Å²) in [5.41, 5.74) is -0.241. The Labute approximate surface area is 137 Å². The first-order valence-corrected chi connectivity index (χ1v) is 7.62. The predicted octanol–water partition coefficient (Wildman–Crippen LogP) is -1.05. The highest BCUT2D eigenvalue weighted by atomic mass is 16.5. The van der Waals surface area contributed by atoms with Crippen molar-refractivity contribution < 1.29 is 9.53 Å². The van der Waals surface area contributed by atoms with Crippen molar-refractivity contribution in [1.29, 1.82) is 0 Å². The highest BCUT2D eigenvalue weighted by Gasteiger charge is 2.28. The third-order valence-corrected chi connectivity index (χ3v) is 4.16. The molecule has 128 valence electrons. The quantitative estimate of drug-likeness (QED) is 0.726. The van der Waals surface area contributed by atoms with Crippen molar-refractivity contribution in [2.75, 3.05) is 18.5 Å². The van der Waals surface area contributed by atoms with E-state index in [1.165, 1.54) is 23.9 Å². The molecule has 24 heavy (non-hydrogen) atoms. The normalized spacial score (nSPS) is 21.0. The number of nitrogens with zero attached hydrogens (tertiary/aromatic N) is 3. The van der Waals surface area contributed by atoms with Gasteiger partial charge in [-0.15, -0.1) is 0 Å². The van der Waals surface area contributed by atoms with E-state index in [4.69, 9.17) is 4.74 Å². The van der Waals surface area contributed by atoms with E-state index in [-0.39, 0.29) is 23.0 Å². The number of hydrogen-bond acceptors (Lipinski definition) is 6. The van der Waals surface area contributed by atoms with Gasteiger partial charge >= 0.3 is 5.69 Å². The van der Waals surface area contributed by atoms with Crippen molar-refractivity contribution in [1.82, 2.24) is 19.4 Å². The highest BCUT2D eigenvalue weighted by molar-refractivity contribution is 5.96. The molecular weight excluding hydrogens is 314 g/mol. The third-order valence-electron chi connectivity index (χ3n) is 4.16. The van der Waals surface area contributed by atoms with E-state index in [0.717, 1.165) is 4.57 Å². The van der Waals surface area contributed by atoms with Crippen LogP contribution in [-0.2, 0) is 23.6 Å². The Morgan fingerprint density at radius 1 is 1.38 bits per heavy atom. The largest absolute Gasteiger partial charge is 0.375 e. The minimum atomic E-state index is -0.475. The van der Waals surface area contributed by atoms with Crippen LogP contribution in [0.1, 0.15) is 6.92 Å². The van der Waals surface area contributed by atoms with Crippen LogP contribution in [0.2, 0.25) is 0 Å². The number of rotatable bonds is 2. The van der Waals surface area contributed by atoms with Crippen LogP contribution in [-0.4, -0.2) is 45.3 Å². The molecule has 2 N–H and O–H groups in total. The van der Waals surface area contributed by atoms with Crippen LogP contribution in [0.4, 0.5) is 5.69 Å². The maximum Gasteiger partial charge on any atom is 0.332 e. The van der Waals surface area contributed by atoms with Gasteiger partial charge in [-0.1, -0.05) is 0 Å². The number of aryl methyl sites for hydroxylation is 1. The number of aromatic nitrogens is 3. The standard InChI is InChI=1S/C15H19N5O4/c1-8-11(16-4-5-24-8)13(21)18-9-6-10-12(17-7-9)19(2)15(23)20(3)14(10)22/h6-8,11,16H,4-5H2,1-3H3,(H,18,21)/t8-,11+/m1/s1. The molecule has 3 rings (SSSR count). The second-order valence-corrected chi connectivity index (χ2v) is 5.80. The van der Waals surface area contributed by atoms with Crippen LogP contribution >= 0.6 is 0 Å². The lowest BCUT2D eigenvalue weighted by Gasteiger charge is -2.29. The SMILES string of the molecule is C[C@H]1OCCN[C@@H]1C(=O)Nc1cnc2c(c1)c(=O)n(C)c(=O)n2C. The third kappa shape index (κ3) is 2.72. The summed E-state index contributed by atoms with van der Waals surface area (Å²) in [6, 6.07) is 1.05. The van der Waals surface area contributed by atoms with Gasteiger partial charge in [0.15, 0.2) is 0 Å². The summed E-state index contributed by atoms with van der Waals surface area (Å²) < 4.78 is 7.75. The van der Waals surface area contributed by atoms with Crippen molar-refractivity contribution in [3.8, 4) is 0 Å². The Morgan fingerprint density at radius 2 is 2.12 bits per heavy atom. The molecule has 2 aromatic heterocycles. The number of carbonyl (C=O) groups excluding carboxylic acids is 1. The lowest BCUT2D eigenvalue weighted by Crippen LogP contribution is -2.53. The molecule has 0 aliphatic carbocycles. The molecule has 1 aliphatic rings. The number of ether oxygens (including phenoxy) is 1. The molecule has 2 aromatic rings. The Morgan fingerprint density at radius 3 is 2.83 bits per heavy atom. The van der Waals surface area contributed by atoms with E-state index in [1.54, 1.807) is 7.05 Å². The van der Waals surface area contributed by atoms with Gasteiger partial charge in [-0.25, -0.2) is 9.78 Å². The summed E-state index contributed by atoms with van der Waals surface area (Å²) in [6.07, 6.45) is 1.17. The zero-order valence-corrected chi connectivity index (χ0v) is 13.7. The smallest absolute Gasteiger partial charge is 0.332 e. The van der Waals surface area contributed by atoms with Gasteiger partial charge in [-0.05, 0) is 13.0 Å². The Hall–Kier alpha value is -2.52. The zero-order chi connectivity index (χ0) is 17.4. The molecule has 9 heteroatoms. The molecule has 0 spiro atoms. The fourth-order valence-electron chi connectivity index (χ4n) is 2.78. The first-order chi connectivity index (χ1) is 11.4. The summed E-state index contributed by atoms with van der Waals surface area (Å²) in [5.74, 6) is -0.259. The molecule has 0 radical (unpaired) electrons. The summed E-state index contributed by atoms with van der Waals surface area (Å²) in [4.78, 5) is 40.7. The molecule has 0 aromatic carbocycles. The van der Waals surface area contributed by atoms with Gasteiger partial charge in [0.05, 0.1) is 30.0 Å². The zero-order valence-electron chi connectivity index (χ0n) is 13.7. The lowest BCUT2D eigenvalue weighted by atomic mass is 10.1. The molecule has 1 saturated heterocycles. The van der Waals surface area contributed by atoms with Crippen LogP contribution in [0.15, 0.2) is 21.9 Å². The van der Waals surface area contributed by atoms with Crippen LogP contribution in [0.3, 0.4) is 0 Å². The molecule has 0 bridgehead atoms. The number of carbonyl (C=O) groups is 1. The number of amides is 1. The first-order valence-electron chi connectivity index (χ1n) is 7.62. The molecular formula is C15H19N5O4. The number of morpholine rings is 1. The minimum absolute atomic E-state index is 0.249. The van der Waals surface area contributed by atoms with Gasteiger partial charge in [0, 0.05) is 20.6 Å². The Bertz CT molecular complexity index is 916. The predicted molar refractivity (Wildman–Crippen MR) is 88.1 cm³/mol. The molecule has 9 nitrogen and oxygen atoms in total. The van der Waals surface area contributed by atoms with Crippen LogP contribution < -0.4 is 21.9 Å². The van der Waals surface area contributed by atoms with Crippen molar-refractivity contribution in [2.45, 2.75) is 19.1 Å². The van der Waals surface area contributed by atoms with Gasteiger partial charge in [0.1, 0.15) is 11.7 Å². The van der Waals surface area contributed by atoms with Crippen LogP contribution in [0.25, 0.3) is 11.0 Å². The summed E-state index contributed by atoms with van der Waals surface area (Å²) in [6.45, 7) is 2.98. The second kappa shape index (κ2) is 6.17. The number of nitrogens with one attached hydrogen (secondary N) is 2.